The third kappa shape index (κ3) is 6.12. The number of nitrogens with two attached hydrogens (primary N) is 1. The molecule has 0 radical (unpaired) electrons. The van der Waals surface area contributed by atoms with Crippen molar-refractivity contribution in [2.75, 3.05) is 49.7 Å². The first-order chi connectivity index (χ1) is 14.3. The monoisotopic (exact) mass is 473 g/mol. The number of sulfonamides is 1. The molecule has 14 heteroatoms. The van der Waals surface area contributed by atoms with E-state index in [0.29, 0.717) is 22.7 Å². The van der Waals surface area contributed by atoms with Crippen LogP contribution in [0.2, 0.25) is 0 Å². The van der Waals surface area contributed by atoms with Gasteiger partial charge in [-0.25, -0.2) is 8.42 Å². The van der Waals surface area contributed by atoms with Crippen LogP contribution in [0.5, 0.6) is 0 Å². The number of hydrogen-bond donors (Lipinski definition) is 2. The van der Waals surface area contributed by atoms with Crippen molar-refractivity contribution in [2.45, 2.75) is 9.24 Å². The van der Waals surface area contributed by atoms with Crippen molar-refractivity contribution in [3.8, 4) is 0 Å². The molecule has 0 unspecified atom stereocenters. The minimum Gasteiger partial charge on any atom is -0.455 e. The maximum Gasteiger partial charge on any atom is 0.316 e. The Bertz CT molecular complexity index is 1010. The molecule has 0 saturated carbocycles. The first kappa shape index (κ1) is 22.4. The Hall–Kier alpha value is -2.26. The minimum atomic E-state index is -3.68. The Labute approximate surface area is 181 Å². The molecule has 1 fully saturated rings. The van der Waals surface area contributed by atoms with Crippen molar-refractivity contribution in [1.82, 2.24) is 14.5 Å². The second kappa shape index (κ2) is 10.2. The highest BCUT2D eigenvalue weighted by Gasteiger charge is 2.26. The maximum atomic E-state index is 12.7. The number of anilines is 2. The van der Waals surface area contributed by atoms with Crippen LogP contribution >= 0.6 is 23.1 Å². The number of amides is 1. The number of nitrogens with zero attached hydrogens (tertiary/aromatic N) is 3. The average Bonchev–Trinajstić information content (AvgIpc) is 3.17. The Kier molecular flexibility index (Phi) is 7.60. The molecule has 162 valence electrons. The topological polar surface area (TPSA) is 154 Å². The molecule has 0 spiro atoms. The number of hydrogen-bond acceptors (Lipinski definition) is 11. The molecular formula is C16H19N5O6S3. The van der Waals surface area contributed by atoms with Crippen molar-refractivity contribution in [3.05, 3.63) is 24.3 Å². The predicted octanol–water partition coefficient (Wildman–Crippen LogP) is 0.415. The fourth-order valence-electron chi connectivity index (χ4n) is 2.45. The van der Waals surface area contributed by atoms with Crippen LogP contribution in [0.3, 0.4) is 0 Å². The number of morpholine rings is 1. The van der Waals surface area contributed by atoms with E-state index < -0.39 is 28.5 Å². The molecule has 1 aliphatic heterocycles. The van der Waals surface area contributed by atoms with Gasteiger partial charge in [0.25, 0.3) is 5.91 Å². The van der Waals surface area contributed by atoms with E-state index in [0.717, 1.165) is 23.1 Å². The fourth-order valence-corrected chi connectivity index (χ4v) is 5.34. The number of thioether (sulfide) groups is 1. The number of carbonyl (C=O) groups is 2. The molecule has 0 atom stereocenters. The normalized spacial score (nSPS) is 14.9. The summed E-state index contributed by atoms with van der Waals surface area (Å²) >= 11 is 2.24. The zero-order valence-corrected chi connectivity index (χ0v) is 18.1. The zero-order chi connectivity index (χ0) is 21.6. The summed E-state index contributed by atoms with van der Waals surface area (Å²) in [6.45, 7) is 0.725. The summed E-state index contributed by atoms with van der Waals surface area (Å²) in [5.74, 6) is -1.24. The van der Waals surface area contributed by atoms with Gasteiger partial charge in [-0.1, -0.05) is 29.2 Å². The molecule has 1 aromatic heterocycles. The van der Waals surface area contributed by atoms with E-state index in [1.807, 2.05) is 0 Å². The van der Waals surface area contributed by atoms with Crippen molar-refractivity contribution in [1.29, 1.82) is 0 Å². The molecule has 2 heterocycles. The van der Waals surface area contributed by atoms with Crippen molar-refractivity contribution in [2.24, 2.45) is 0 Å². The number of carbonyl (C=O) groups excluding carboxylic acids is 2. The Morgan fingerprint density at radius 3 is 2.77 bits per heavy atom. The van der Waals surface area contributed by atoms with Crippen LogP contribution in [0.1, 0.15) is 0 Å². The van der Waals surface area contributed by atoms with Gasteiger partial charge in [0, 0.05) is 18.8 Å². The van der Waals surface area contributed by atoms with Gasteiger partial charge in [0.1, 0.15) is 0 Å². The van der Waals surface area contributed by atoms with Gasteiger partial charge in [0.15, 0.2) is 10.9 Å². The molecule has 0 aliphatic carbocycles. The summed E-state index contributed by atoms with van der Waals surface area (Å²) in [4.78, 5) is 23.9. The van der Waals surface area contributed by atoms with Crippen LogP contribution in [0.4, 0.5) is 10.8 Å². The smallest absolute Gasteiger partial charge is 0.316 e. The molecule has 3 N–H and O–H groups in total. The van der Waals surface area contributed by atoms with Crippen LogP contribution in [0.25, 0.3) is 0 Å². The van der Waals surface area contributed by atoms with Crippen LogP contribution in [-0.2, 0) is 29.1 Å². The van der Waals surface area contributed by atoms with Crippen molar-refractivity contribution in [3.63, 3.8) is 0 Å². The van der Waals surface area contributed by atoms with Gasteiger partial charge in [-0.15, -0.1) is 10.2 Å². The molecule has 1 saturated heterocycles. The number of nitrogen functional groups attached to an aromatic ring is 1. The highest BCUT2D eigenvalue weighted by atomic mass is 32.2. The molecule has 11 nitrogen and oxygen atoms in total. The maximum absolute atomic E-state index is 12.7. The lowest BCUT2D eigenvalue weighted by molar-refractivity contribution is -0.144. The minimum absolute atomic E-state index is 0.0464. The van der Waals surface area contributed by atoms with Crippen molar-refractivity contribution < 1.29 is 27.5 Å². The van der Waals surface area contributed by atoms with Gasteiger partial charge in [0.2, 0.25) is 15.2 Å². The van der Waals surface area contributed by atoms with Gasteiger partial charge < -0.3 is 20.5 Å². The molecular weight excluding hydrogens is 454 g/mol. The van der Waals surface area contributed by atoms with Gasteiger partial charge in [0.05, 0.1) is 23.9 Å². The molecule has 1 amide bonds. The van der Waals surface area contributed by atoms with E-state index in [4.69, 9.17) is 15.2 Å². The average molecular weight is 474 g/mol. The summed E-state index contributed by atoms with van der Waals surface area (Å²) in [5, 5.41) is 10.2. The lowest BCUT2D eigenvalue weighted by atomic mass is 10.3. The van der Waals surface area contributed by atoms with Gasteiger partial charge in [-0.3, -0.25) is 9.59 Å². The summed E-state index contributed by atoms with van der Waals surface area (Å²) in [7, 11) is -3.68. The number of aromatic nitrogens is 2. The Morgan fingerprint density at radius 2 is 2.07 bits per heavy atom. The second-order valence-corrected chi connectivity index (χ2v) is 10.1. The summed E-state index contributed by atoms with van der Waals surface area (Å²) in [5.41, 5.74) is 5.73. The van der Waals surface area contributed by atoms with E-state index in [1.54, 1.807) is 6.07 Å². The molecule has 30 heavy (non-hydrogen) atoms. The lowest BCUT2D eigenvalue weighted by Crippen LogP contribution is -2.40. The van der Waals surface area contributed by atoms with E-state index in [2.05, 4.69) is 15.5 Å². The summed E-state index contributed by atoms with van der Waals surface area (Å²) in [6.07, 6.45) is 0. The number of nitrogens with one attached hydrogen (secondary N) is 1. The quantitative estimate of drug-likeness (QED) is 0.407. The van der Waals surface area contributed by atoms with E-state index in [1.165, 1.54) is 22.5 Å². The highest BCUT2D eigenvalue weighted by molar-refractivity contribution is 8.01. The Balaban J connectivity index is 1.50. The molecule has 1 aromatic carbocycles. The molecule has 2 aromatic rings. The fraction of sp³-hybridized carbons (Fsp3) is 0.375. The molecule has 3 rings (SSSR count). The van der Waals surface area contributed by atoms with Gasteiger partial charge >= 0.3 is 5.97 Å². The Morgan fingerprint density at radius 1 is 1.30 bits per heavy atom. The molecule has 1 aliphatic rings. The number of benzene rings is 1. The van der Waals surface area contributed by atoms with Crippen LogP contribution in [-0.4, -0.2) is 73.5 Å². The first-order valence-electron chi connectivity index (χ1n) is 8.70. The van der Waals surface area contributed by atoms with Crippen molar-refractivity contribution >= 4 is 55.8 Å². The number of ether oxygens (including phenoxy) is 2. The van der Waals surface area contributed by atoms with Crippen LogP contribution in [0, 0.1) is 0 Å². The molecule has 0 bridgehead atoms. The lowest BCUT2D eigenvalue weighted by Gasteiger charge is -2.26. The van der Waals surface area contributed by atoms with Gasteiger partial charge in [-0.05, 0) is 18.2 Å². The van der Waals surface area contributed by atoms with Gasteiger partial charge in [-0.2, -0.15) is 4.31 Å². The first-order valence-corrected chi connectivity index (χ1v) is 11.9. The zero-order valence-electron chi connectivity index (χ0n) is 15.6. The summed E-state index contributed by atoms with van der Waals surface area (Å²) < 4.78 is 37.3. The highest BCUT2D eigenvalue weighted by Crippen LogP contribution is 2.23. The number of rotatable bonds is 8. The second-order valence-electron chi connectivity index (χ2n) is 5.95. The van der Waals surface area contributed by atoms with E-state index in [9.17, 15) is 18.0 Å². The van der Waals surface area contributed by atoms with E-state index in [-0.39, 0.29) is 29.4 Å². The third-order valence-electron chi connectivity index (χ3n) is 3.83. The predicted molar refractivity (Wildman–Crippen MR) is 111 cm³/mol. The van der Waals surface area contributed by atoms with E-state index >= 15 is 0 Å². The van der Waals surface area contributed by atoms with Crippen LogP contribution < -0.4 is 11.1 Å². The summed E-state index contributed by atoms with van der Waals surface area (Å²) in [6, 6.07) is 5.89. The van der Waals surface area contributed by atoms with Crippen LogP contribution in [0.15, 0.2) is 33.5 Å². The number of esters is 1. The third-order valence-corrected chi connectivity index (χ3v) is 7.58. The largest absolute Gasteiger partial charge is 0.455 e. The standard InChI is InChI=1S/C16H19N5O6S3/c17-15-19-20-16(29-15)28-10-14(23)27-9-13(22)18-11-2-1-3-12(8-11)30(24,25)21-4-6-26-7-5-21/h1-3,8H,4-7,9-10H2,(H2,17,19)(H,18,22). The SMILES string of the molecule is Nc1nnc(SCC(=O)OCC(=O)Nc2cccc(S(=O)(=O)N3CCOCC3)c2)s1.